The van der Waals surface area contributed by atoms with Crippen LogP contribution in [-0.4, -0.2) is 51.8 Å². The molecule has 2 aliphatic rings. The number of carbonyl (C=O) groups is 1. The van der Waals surface area contributed by atoms with E-state index >= 15 is 0 Å². The second-order valence-electron chi connectivity index (χ2n) is 7.95. The number of hydrogen-bond acceptors (Lipinski definition) is 5. The average Bonchev–Trinajstić information content (AvgIpc) is 3.22. The molecule has 0 aliphatic carbocycles. The van der Waals surface area contributed by atoms with Crippen molar-refractivity contribution in [3.05, 3.63) is 41.5 Å². The van der Waals surface area contributed by atoms with Gasteiger partial charge in [-0.25, -0.2) is 0 Å². The predicted octanol–water partition coefficient (Wildman–Crippen LogP) is 1.73. The number of nitrogens with zero attached hydrogens (tertiary/aromatic N) is 4. The number of rotatable bonds is 5. The smallest absolute Gasteiger partial charge is 0.289 e. The summed E-state index contributed by atoms with van der Waals surface area (Å²) in [4.78, 5) is 14.9. The van der Waals surface area contributed by atoms with Gasteiger partial charge in [-0.1, -0.05) is 12.1 Å². The lowest BCUT2D eigenvalue weighted by Gasteiger charge is -2.25. The van der Waals surface area contributed by atoms with E-state index < -0.39 is 0 Å². The van der Waals surface area contributed by atoms with Crippen molar-refractivity contribution in [1.82, 2.24) is 25.0 Å². The third-order valence-corrected chi connectivity index (χ3v) is 5.53. The summed E-state index contributed by atoms with van der Waals surface area (Å²) in [7, 11) is 1.69. The minimum Gasteiger partial charge on any atom is -0.497 e. The molecule has 4 rings (SSSR count). The summed E-state index contributed by atoms with van der Waals surface area (Å²) < 4.78 is 7.26. The highest BCUT2D eigenvalue weighted by Gasteiger charge is 2.39. The van der Waals surface area contributed by atoms with Crippen LogP contribution in [0.3, 0.4) is 0 Å². The molecule has 144 valence electrons. The van der Waals surface area contributed by atoms with Crippen molar-refractivity contribution in [3.63, 3.8) is 0 Å². The van der Waals surface area contributed by atoms with Crippen molar-refractivity contribution in [2.24, 2.45) is 11.8 Å². The molecule has 3 heterocycles. The summed E-state index contributed by atoms with van der Waals surface area (Å²) in [6.07, 6.45) is 0.895. The van der Waals surface area contributed by atoms with Crippen LogP contribution in [0, 0.1) is 11.8 Å². The maximum atomic E-state index is 12.4. The van der Waals surface area contributed by atoms with Crippen molar-refractivity contribution in [2.75, 3.05) is 20.2 Å². The highest BCUT2D eigenvalue weighted by molar-refractivity contribution is 5.90. The zero-order valence-electron chi connectivity index (χ0n) is 16.2. The molecule has 1 N–H and O–H groups in total. The number of benzene rings is 1. The Morgan fingerprint density at radius 1 is 1.19 bits per heavy atom. The van der Waals surface area contributed by atoms with Gasteiger partial charge in [0.1, 0.15) is 11.6 Å². The lowest BCUT2D eigenvalue weighted by molar-refractivity contribution is 0.0924. The molecule has 2 atom stereocenters. The summed E-state index contributed by atoms with van der Waals surface area (Å²) in [6, 6.07) is 8.38. The molecule has 27 heavy (non-hydrogen) atoms. The van der Waals surface area contributed by atoms with Crippen LogP contribution in [0.2, 0.25) is 0 Å². The Morgan fingerprint density at radius 3 is 2.63 bits per heavy atom. The van der Waals surface area contributed by atoms with Crippen LogP contribution in [0.1, 0.15) is 35.9 Å². The zero-order valence-corrected chi connectivity index (χ0v) is 16.2. The Balaban J connectivity index is 1.42. The number of likely N-dealkylation sites (tertiary alicyclic amines) is 1. The van der Waals surface area contributed by atoms with E-state index in [9.17, 15) is 4.79 Å². The normalized spacial score (nSPS) is 21.8. The third kappa shape index (κ3) is 3.69. The highest BCUT2D eigenvalue weighted by atomic mass is 16.5. The number of hydrogen-bond donors (Lipinski definition) is 1. The lowest BCUT2D eigenvalue weighted by Crippen LogP contribution is -2.35. The Labute approximate surface area is 159 Å². The van der Waals surface area contributed by atoms with Crippen LogP contribution in [0.15, 0.2) is 24.3 Å². The molecule has 2 aromatic rings. The van der Waals surface area contributed by atoms with E-state index in [2.05, 4.69) is 32.5 Å². The van der Waals surface area contributed by atoms with Gasteiger partial charge in [-0.15, -0.1) is 10.2 Å². The SMILES string of the molecule is COc1ccc(CN2C[C@@H]3Cn4c(nnc4C(=O)NC(C)C)C[C@H]3C2)cc1. The topological polar surface area (TPSA) is 72.3 Å². The van der Waals surface area contributed by atoms with Crippen LogP contribution >= 0.6 is 0 Å². The van der Waals surface area contributed by atoms with Gasteiger partial charge in [0.25, 0.3) is 5.91 Å². The molecule has 0 saturated carbocycles. The fourth-order valence-electron chi connectivity index (χ4n) is 4.23. The quantitative estimate of drug-likeness (QED) is 0.869. The first-order valence-corrected chi connectivity index (χ1v) is 9.61. The molecule has 0 radical (unpaired) electrons. The van der Waals surface area contributed by atoms with Crippen LogP contribution in [0.4, 0.5) is 0 Å². The molecule has 0 spiro atoms. The monoisotopic (exact) mass is 369 g/mol. The third-order valence-electron chi connectivity index (χ3n) is 5.53. The maximum absolute atomic E-state index is 12.4. The standard InChI is InChI=1S/C20H27N5O2/c1-13(2)21-20(26)19-23-22-18-8-15-10-24(11-16(15)12-25(18)19)9-14-4-6-17(27-3)7-5-14/h4-7,13,15-16H,8-12H2,1-3H3,(H,21,26)/t15-,16+/m0/s1. The number of nitrogens with one attached hydrogen (secondary N) is 1. The highest BCUT2D eigenvalue weighted by Crippen LogP contribution is 2.33. The van der Waals surface area contributed by atoms with Gasteiger partial charge in [0.05, 0.1) is 7.11 Å². The van der Waals surface area contributed by atoms with Crippen molar-refractivity contribution in [3.8, 4) is 5.75 Å². The van der Waals surface area contributed by atoms with E-state index in [1.54, 1.807) is 7.11 Å². The minimum absolute atomic E-state index is 0.0910. The van der Waals surface area contributed by atoms with Gasteiger partial charge in [-0.2, -0.15) is 0 Å². The number of fused-ring (bicyclic) bond motifs is 2. The minimum atomic E-state index is -0.129. The molecule has 0 bridgehead atoms. The predicted molar refractivity (Wildman–Crippen MR) is 102 cm³/mol. The molecular formula is C20H27N5O2. The largest absolute Gasteiger partial charge is 0.497 e. The molecule has 2 aliphatic heterocycles. The summed E-state index contributed by atoms with van der Waals surface area (Å²) in [5.41, 5.74) is 1.30. The Morgan fingerprint density at radius 2 is 1.93 bits per heavy atom. The Hall–Kier alpha value is -2.41. The second kappa shape index (κ2) is 7.31. The van der Waals surface area contributed by atoms with E-state index in [4.69, 9.17) is 4.74 Å². The van der Waals surface area contributed by atoms with E-state index in [0.717, 1.165) is 44.2 Å². The first-order chi connectivity index (χ1) is 13.0. The zero-order chi connectivity index (χ0) is 19.0. The van der Waals surface area contributed by atoms with Gasteiger partial charge in [-0.3, -0.25) is 9.69 Å². The van der Waals surface area contributed by atoms with E-state index in [-0.39, 0.29) is 11.9 Å². The molecule has 1 aromatic carbocycles. The molecule has 0 unspecified atom stereocenters. The molecule has 1 saturated heterocycles. The molecule has 7 nitrogen and oxygen atoms in total. The van der Waals surface area contributed by atoms with Crippen molar-refractivity contribution >= 4 is 5.91 Å². The lowest BCUT2D eigenvalue weighted by atomic mass is 9.89. The fourth-order valence-corrected chi connectivity index (χ4v) is 4.23. The average molecular weight is 369 g/mol. The van der Waals surface area contributed by atoms with Crippen LogP contribution in [0.5, 0.6) is 5.75 Å². The van der Waals surface area contributed by atoms with Gasteiger partial charge in [-0.05, 0) is 43.4 Å². The van der Waals surface area contributed by atoms with Gasteiger partial charge in [0.2, 0.25) is 5.82 Å². The molecule has 1 fully saturated rings. The maximum Gasteiger partial charge on any atom is 0.289 e. The molecule has 7 heteroatoms. The number of carbonyl (C=O) groups excluding carboxylic acids is 1. The van der Waals surface area contributed by atoms with Crippen LogP contribution < -0.4 is 10.1 Å². The summed E-state index contributed by atoms with van der Waals surface area (Å²) >= 11 is 0. The summed E-state index contributed by atoms with van der Waals surface area (Å²) in [5, 5.41) is 11.4. The first kappa shape index (κ1) is 18.0. The molecule has 1 amide bonds. The fraction of sp³-hybridized carbons (Fsp3) is 0.550. The van der Waals surface area contributed by atoms with E-state index in [1.165, 1.54) is 5.56 Å². The summed E-state index contributed by atoms with van der Waals surface area (Å²) in [5.74, 6) is 3.27. The van der Waals surface area contributed by atoms with Gasteiger partial charge in [0, 0.05) is 38.6 Å². The van der Waals surface area contributed by atoms with Crippen molar-refractivity contribution < 1.29 is 9.53 Å². The summed E-state index contributed by atoms with van der Waals surface area (Å²) in [6.45, 7) is 7.78. The number of methoxy groups -OCH3 is 1. The van der Waals surface area contributed by atoms with E-state index in [0.29, 0.717) is 17.7 Å². The van der Waals surface area contributed by atoms with Gasteiger partial charge in [0.15, 0.2) is 0 Å². The Bertz CT molecular complexity index is 814. The van der Waals surface area contributed by atoms with Crippen molar-refractivity contribution in [1.29, 1.82) is 0 Å². The molecular weight excluding hydrogens is 342 g/mol. The number of amides is 1. The first-order valence-electron chi connectivity index (χ1n) is 9.61. The second-order valence-corrected chi connectivity index (χ2v) is 7.95. The van der Waals surface area contributed by atoms with Crippen LogP contribution in [0.25, 0.3) is 0 Å². The van der Waals surface area contributed by atoms with Crippen LogP contribution in [-0.2, 0) is 19.5 Å². The van der Waals surface area contributed by atoms with Crippen molar-refractivity contribution in [2.45, 2.75) is 39.4 Å². The molecule has 1 aromatic heterocycles. The van der Waals surface area contributed by atoms with Gasteiger partial charge >= 0.3 is 0 Å². The number of ether oxygens (including phenoxy) is 1. The number of aromatic nitrogens is 3. The van der Waals surface area contributed by atoms with E-state index in [1.807, 2.05) is 30.5 Å². The van der Waals surface area contributed by atoms with Gasteiger partial charge < -0.3 is 14.6 Å². The Kier molecular flexibility index (Phi) is 4.86.